The highest BCUT2D eigenvalue weighted by Crippen LogP contribution is 2.26. The van der Waals surface area contributed by atoms with Gasteiger partial charge in [-0.05, 0) is 12.8 Å². The Labute approximate surface area is 101 Å². The molecule has 0 spiro atoms. The summed E-state index contributed by atoms with van der Waals surface area (Å²) in [4.78, 5) is 14.9. The Morgan fingerprint density at radius 2 is 2.35 bits per heavy atom. The normalized spacial score (nSPS) is 15.1. The molecule has 88 valence electrons. The topological polar surface area (TPSA) is 79.5 Å². The number of nitrogens with zero attached hydrogens (tertiary/aromatic N) is 3. The lowest BCUT2D eigenvalue weighted by molar-refractivity contribution is 0.0690. The van der Waals surface area contributed by atoms with Gasteiger partial charge in [0.25, 0.3) is 0 Å². The third-order valence-corrected chi connectivity index (χ3v) is 2.84. The SMILES string of the molecule is O=C(O)c1cc(NC2CC2)n2ncc(Cl)c2n1. The van der Waals surface area contributed by atoms with Crippen molar-refractivity contribution in [1.29, 1.82) is 0 Å². The number of hydrogen-bond donors (Lipinski definition) is 2. The van der Waals surface area contributed by atoms with E-state index in [1.165, 1.54) is 16.8 Å². The van der Waals surface area contributed by atoms with Crippen molar-refractivity contribution in [3.8, 4) is 0 Å². The summed E-state index contributed by atoms with van der Waals surface area (Å²) in [6.07, 6.45) is 3.62. The third-order valence-electron chi connectivity index (χ3n) is 2.58. The van der Waals surface area contributed by atoms with Crippen LogP contribution < -0.4 is 5.32 Å². The maximum Gasteiger partial charge on any atom is 0.354 e. The third kappa shape index (κ3) is 1.80. The summed E-state index contributed by atoms with van der Waals surface area (Å²) < 4.78 is 1.52. The second kappa shape index (κ2) is 3.59. The Morgan fingerprint density at radius 1 is 1.59 bits per heavy atom. The van der Waals surface area contributed by atoms with Crippen LogP contribution in [0.15, 0.2) is 12.3 Å². The summed E-state index contributed by atoms with van der Waals surface area (Å²) >= 11 is 5.91. The van der Waals surface area contributed by atoms with Crippen LogP contribution in [0.25, 0.3) is 5.65 Å². The molecule has 2 aromatic heterocycles. The predicted octanol–water partition coefficient (Wildman–Crippen LogP) is 1.66. The number of aromatic carboxylic acids is 1. The molecule has 1 aliphatic rings. The lowest BCUT2D eigenvalue weighted by atomic mass is 10.4. The van der Waals surface area contributed by atoms with E-state index in [1.54, 1.807) is 0 Å². The largest absolute Gasteiger partial charge is 0.477 e. The van der Waals surface area contributed by atoms with Crippen molar-refractivity contribution in [3.63, 3.8) is 0 Å². The highest BCUT2D eigenvalue weighted by Gasteiger charge is 2.23. The quantitative estimate of drug-likeness (QED) is 0.868. The van der Waals surface area contributed by atoms with Gasteiger partial charge in [0, 0.05) is 12.1 Å². The summed E-state index contributed by atoms with van der Waals surface area (Å²) in [6, 6.07) is 1.86. The van der Waals surface area contributed by atoms with Crippen LogP contribution in [-0.4, -0.2) is 31.7 Å². The number of nitrogens with one attached hydrogen (secondary N) is 1. The second-order valence-electron chi connectivity index (χ2n) is 3.98. The minimum absolute atomic E-state index is 0.0388. The zero-order valence-corrected chi connectivity index (χ0v) is 9.48. The van der Waals surface area contributed by atoms with Gasteiger partial charge in [-0.2, -0.15) is 9.61 Å². The molecule has 1 saturated carbocycles. The summed E-state index contributed by atoms with van der Waals surface area (Å²) in [5, 5.41) is 16.6. The molecule has 0 bridgehead atoms. The van der Waals surface area contributed by atoms with Crippen LogP contribution in [0.3, 0.4) is 0 Å². The van der Waals surface area contributed by atoms with E-state index in [9.17, 15) is 4.79 Å². The highest BCUT2D eigenvalue weighted by atomic mass is 35.5. The highest BCUT2D eigenvalue weighted by molar-refractivity contribution is 6.33. The number of rotatable bonds is 3. The van der Waals surface area contributed by atoms with Crippen LogP contribution >= 0.6 is 11.6 Å². The second-order valence-corrected chi connectivity index (χ2v) is 4.39. The van der Waals surface area contributed by atoms with E-state index < -0.39 is 5.97 Å². The monoisotopic (exact) mass is 252 g/mol. The van der Waals surface area contributed by atoms with Crippen molar-refractivity contribution in [1.82, 2.24) is 14.6 Å². The minimum Gasteiger partial charge on any atom is -0.477 e. The molecule has 7 heteroatoms. The average Bonchev–Trinajstić information content (AvgIpc) is 3.02. The van der Waals surface area contributed by atoms with E-state index in [0.717, 1.165) is 12.8 Å². The molecule has 1 aliphatic carbocycles. The van der Waals surface area contributed by atoms with Gasteiger partial charge in [0.1, 0.15) is 10.8 Å². The minimum atomic E-state index is -1.08. The number of carboxylic acids is 1. The number of carbonyl (C=O) groups is 1. The van der Waals surface area contributed by atoms with E-state index in [1.807, 2.05) is 0 Å². The summed E-state index contributed by atoms with van der Waals surface area (Å²) in [5.74, 6) is -0.467. The first kappa shape index (κ1) is 10.3. The molecular formula is C10H9ClN4O2. The molecule has 2 N–H and O–H groups in total. The maximum absolute atomic E-state index is 11.0. The van der Waals surface area contributed by atoms with Gasteiger partial charge in [0.2, 0.25) is 0 Å². The number of fused-ring (bicyclic) bond motifs is 1. The van der Waals surface area contributed by atoms with Crippen molar-refractivity contribution in [2.75, 3.05) is 5.32 Å². The van der Waals surface area contributed by atoms with Crippen molar-refractivity contribution in [3.05, 3.63) is 23.0 Å². The van der Waals surface area contributed by atoms with Crippen molar-refractivity contribution < 1.29 is 9.90 Å². The molecule has 17 heavy (non-hydrogen) atoms. The van der Waals surface area contributed by atoms with Gasteiger partial charge in [0.05, 0.1) is 6.20 Å². The van der Waals surface area contributed by atoms with Crippen LogP contribution in [0.2, 0.25) is 5.02 Å². The number of hydrogen-bond acceptors (Lipinski definition) is 4. The molecule has 0 radical (unpaired) electrons. The van der Waals surface area contributed by atoms with Crippen LogP contribution in [0.4, 0.5) is 5.82 Å². The molecule has 2 aromatic rings. The van der Waals surface area contributed by atoms with Gasteiger partial charge >= 0.3 is 5.97 Å². The molecule has 1 fully saturated rings. The first-order valence-electron chi connectivity index (χ1n) is 5.19. The van der Waals surface area contributed by atoms with Crippen molar-refractivity contribution in [2.24, 2.45) is 0 Å². The molecule has 0 atom stereocenters. The number of aromatic nitrogens is 3. The van der Waals surface area contributed by atoms with Crippen LogP contribution in [0.1, 0.15) is 23.3 Å². The molecule has 0 saturated heterocycles. The van der Waals surface area contributed by atoms with E-state index >= 15 is 0 Å². The molecule has 0 aliphatic heterocycles. The Kier molecular flexibility index (Phi) is 2.19. The molecule has 2 heterocycles. The number of halogens is 1. The van der Waals surface area contributed by atoms with Gasteiger partial charge in [-0.1, -0.05) is 11.6 Å². The average molecular weight is 253 g/mol. The number of anilines is 1. The Hall–Kier alpha value is -1.82. The molecule has 0 unspecified atom stereocenters. The van der Waals surface area contributed by atoms with E-state index in [0.29, 0.717) is 22.5 Å². The summed E-state index contributed by atoms with van der Waals surface area (Å²) in [7, 11) is 0. The zero-order chi connectivity index (χ0) is 12.0. The van der Waals surface area contributed by atoms with Crippen LogP contribution in [0, 0.1) is 0 Å². The van der Waals surface area contributed by atoms with Gasteiger partial charge in [-0.15, -0.1) is 0 Å². The Morgan fingerprint density at radius 3 is 3.00 bits per heavy atom. The smallest absolute Gasteiger partial charge is 0.354 e. The van der Waals surface area contributed by atoms with Gasteiger partial charge in [-0.25, -0.2) is 9.78 Å². The molecule has 3 rings (SSSR count). The Balaban J connectivity index is 2.18. The maximum atomic E-state index is 11.0. The standard InChI is InChI=1S/C10H9ClN4O2/c11-6-4-12-15-8(13-5-1-2-5)3-7(10(16)17)14-9(6)15/h3-5,13H,1-2H2,(H,16,17). The van der Waals surface area contributed by atoms with Crippen molar-refractivity contribution >= 4 is 29.0 Å². The predicted molar refractivity (Wildman–Crippen MR) is 61.6 cm³/mol. The van der Waals surface area contributed by atoms with Gasteiger partial charge in [0.15, 0.2) is 11.3 Å². The first-order valence-corrected chi connectivity index (χ1v) is 5.57. The lowest BCUT2D eigenvalue weighted by Crippen LogP contribution is -2.11. The van der Waals surface area contributed by atoms with Crippen LogP contribution in [0.5, 0.6) is 0 Å². The fourth-order valence-corrected chi connectivity index (χ4v) is 1.75. The van der Waals surface area contributed by atoms with Crippen LogP contribution in [-0.2, 0) is 0 Å². The molecule has 6 nitrogen and oxygen atoms in total. The number of carboxylic acid groups (broad SMARTS) is 1. The fourth-order valence-electron chi connectivity index (χ4n) is 1.59. The van der Waals surface area contributed by atoms with E-state index in [-0.39, 0.29) is 5.69 Å². The summed E-state index contributed by atoms with van der Waals surface area (Å²) in [6.45, 7) is 0. The summed E-state index contributed by atoms with van der Waals surface area (Å²) in [5.41, 5.74) is 0.317. The van der Waals surface area contributed by atoms with Gasteiger partial charge < -0.3 is 10.4 Å². The van der Waals surface area contributed by atoms with Gasteiger partial charge in [-0.3, -0.25) is 0 Å². The fraction of sp³-hybridized carbons (Fsp3) is 0.300. The first-order chi connectivity index (χ1) is 8.15. The lowest BCUT2D eigenvalue weighted by Gasteiger charge is -2.07. The molecular weight excluding hydrogens is 244 g/mol. The van der Waals surface area contributed by atoms with E-state index in [4.69, 9.17) is 16.7 Å². The van der Waals surface area contributed by atoms with Crippen molar-refractivity contribution in [2.45, 2.75) is 18.9 Å². The Bertz CT molecular complexity index is 606. The zero-order valence-electron chi connectivity index (χ0n) is 8.72. The molecule has 0 amide bonds. The molecule has 0 aromatic carbocycles. The van der Waals surface area contributed by atoms with E-state index in [2.05, 4.69) is 15.4 Å².